The molecule has 0 heterocycles. The van der Waals surface area contributed by atoms with Crippen LogP contribution in [0.15, 0.2) is 30.0 Å². The monoisotopic (exact) mass is 161 g/mol. The molecule has 0 aliphatic rings. The van der Waals surface area contributed by atoms with E-state index in [-0.39, 0.29) is 0 Å². The Kier molecular flexibility index (Phi) is 2.92. The van der Waals surface area contributed by atoms with Crippen molar-refractivity contribution in [2.45, 2.75) is 13.8 Å². The summed E-state index contributed by atoms with van der Waals surface area (Å²) in [6.07, 6.45) is 2.15. The number of aryl methyl sites for hydroxylation is 1. The second kappa shape index (κ2) is 3.96. The summed E-state index contributed by atoms with van der Waals surface area (Å²) in [5, 5.41) is 3.10. The Hall–Kier alpha value is -1.24. The Morgan fingerprint density at radius 3 is 2.58 bits per heavy atom. The topological polar surface area (TPSA) is 12.0 Å². The van der Waals surface area contributed by atoms with Crippen LogP contribution in [-0.4, -0.2) is 7.05 Å². The van der Waals surface area contributed by atoms with Crippen molar-refractivity contribution < 1.29 is 0 Å². The average molecular weight is 161 g/mol. The van der Waals surface area contributed by atoms with Gasteiger partial charge in [-0.3, -0.25) is 0 Å². The number of nitrogens with one attached hydrogen (secondary N) is 1. The van der Waals surface area contributed by atoms with Crippen molar-refractivity contribution in [1.29, 1.82) is 0 Å². The third-order valence-electron chi connectivity index (χ3n) is 1.95. The van der Waals surface area contributed by atoms with Gasteiger partial charge in [-0.1, -0.05) is 24.3 Å². The molecule has 0 bridgehead atoms. The van der Waals surface area contributed by atoms with E-state index in [1.54, 1.807) is 0 Å². The van der Waals surface area contributed by atoms with Gasteiger partial charge in [0, 0.05) is 12.7 Å². The van der Waals surface area contributed by atoms with Gasteiger partial charge in [0.25, 0.3) is 0 Å². The van der Waals surface area contributed by atoms with Crippen molar-refractivity contribution in [3.63, 3.8) is 0 Å². The van der Waals surface area contributed by atoms with Gasteiger partial charge in [0.15, 0.2) is 0 Å². The molecule has 0 unspecified atom stereocenters. The molecule has 0 aliphatic heterocycles. The number of hydrogen-bond donors (Lipinski definition) is 1. The van der Waals surface area contributed by atoms with E-state index in [1.807, 2.05) is 7.05 Å². The first-order valence-electron chi connectivity index (χ1n) is 4.15. The first kappa shape index (κ1) is 8.85. The molecule has 12 heavy (non-hydrogen) atoms. The molecule has 1 nitrogen and oxygen atoms in total. The summed E-state index contributed by atoms with van der Waals surface area (Å²) in [6, 6.07) is 8.36. The third kappa shape index (κ3) is 2.12. The highest BCUT2D eigenvalue weighted by atomic mass is 14.8. The van der Waals surface area contributed by atoms with Gasteiger partial charge in [-0.2, -0.15) is 0 Å². The van der Waals surface area contributed by atoms with Crippen molar-refractivity contribution in [2.75, 3.05) is 7.05 Å². The summed E-state index contributed by atoms with van der Waals surface area (Å²) in [5.74, 6) is 0. The van der Waals surface area contributed by atoms with Gasteiger partial charge in [-0.25, -0.2) is 0 Å². The lowest BCUT2D eigenvalue weighted by Gasteiger charge is -2.02. The molecule has 1 N–H and O–H groups in total. The van der Waals surface area contributed by atoms with Crippen LogP contribution in [0.25, 0.3) is 6.08 Å². The number of allylic oxidation sites excluding steroid dienone is 1. The average Bonchev–Trinajstić information content (AvgIpc) is 2.09. The number of hydrogen-bond acceptors (Lipinski definition) is 1. The molecule has 1 rings (SSSR count). The minimum absolute atomic E-state index is 1.18. The number of rotatable bonds is 2. The smallest absolute Gasteiger partial charge is 0.00785 e. The van der Waals surface area contributed by atoms with E-state index in [2.05, 4.69) is 49.5 Å². The molecule has 0 atom stereocenters. The highest BCUT2D eigenvalue weighted by molar-refractivity contribution is 5.55. The summed E-state index contributed by atoms with van der Waals surface area (Å²) >= 11 is 0. The lowest BCUT2D eigenvalue weighted by molar-refractivity contribution is 1.00. The van der Waals surface area contributed by atoms with Crippen LogP contribution in [-0.2, 0) is 0 Å². The molecule has 0 aliphatic carbocycles. The van der Waals surface area contributed by atoms with Crippen LogP contribution in [0.2, 0.25) is 0 Å². The third-order valence-corrected chi connectivity index (χ3v) is 1.95. The standard InChI is InChI=1S/C11H15N/c1-9-6-4-5-7-11(9)8-10(2)12-3/h4-8,12H,1-3H3/b10-8-. The normalized spacial score (nSPS) is 11.4. The zero-order valence-electron chi connectivity index (χ0n) is 7.89. The van der Waals surface area contributed by atoms with Crippen LogP contribution in [0.5, 0.6) is 0 Å². The summed E-state index contributed by atoms with van der Waals surface area (Å²) in [7, 11) is 1.93. The second-order valence-corrected chi connectivity index (χ2v) is 2.93. The molecular formula is C11H15N. The molecule has 0 saturated heterocycles. The molecule has 0 fully saturated rings. The highest BCUT2D eigenvalue weighted by Gasteiger charge is 1.91. The van der Waals surface area contributed by atoms with Gasteiger partial charge < -0.3 is 5.32 Å². The number of benzene rings is 1. The maximum atomic E-state index is 3.10. The van der Waals surface area contributed by atoms with Crippen LogP contribution in [0.3, 0.4) is 0 Å². The van der Waals surface area contributed by atoms with Crippen LogP contribution < -0.4 is 5.32 Å². The fraction of sp³-hybridized carbons (Fsp3) is 0.273. The van der Waals surface area contributed by atoms with Gasteiger partial charge in [0.1, 0.15) is 0 Å². The minimum Gasteiger partial charge on any atom is -0.392 e. The van der Waals surface area contributed by atoms with Gasteiger partial charge >= 0.3 is 0 Å². The predicted molar refractivity (Wildman–Crippen MR) is 53.9 cm³/mol. The van der Waals surface area contributed by atoms with Crippen LogP contribution in [0.1, 0.15) is 18.1 Å². The molecule has 64 valence electrons. The molecule has 0 amide bonds. The first-order chi connectivity index (χ1) is 5.74. The zero-order valence-corrected chi connectivity index (χ0v) is 7.89. The van der Waals surface area contributed by atoms with Gasteiger partial charge in [0.2, 0.25) is 0 Å². The lowest BCUT2D eigenvalue weighted by Crippen LogP contribution is -2.00. The van der Waals surface area contributed by atoms with Crippen molar-refractivity contribution in [3.8, 4) is 0 Å². The Balaban J connectivity index is 2.96. The largest absolute Gasteiger partial charge is 0.392 e. The summed E-state index contributed by atoms with van der Waals surface area (Å²) < 4.78 is 0. The zero-order chi connectivity index (χ0) is 8.97. The molecule has 1 heteroatoms. The van der Waals surface area contributed by atoms with Crippen molar-refractivity contribution in [1.82, 2.24) is 5.32 Å². The van der Waals surface area contributed by atoms with Gasteiger partial charge in [0.05, 0.1) is 0 Å². The van der Waals surface area contributed by atoms with Crippen LogP contribution >= 0.6 is 0 Å². The minimum atomic E-state index is 1.18. The molecule has 0 aromatic heterocycles. The van der Waals surface area contributed by atoms with E-state index in [9.17, 15) is 0 Å². The Morgan fingerprint density at radius 2 is 2.00 bits per heavy atom. The fourth-order valence-corrected chi connectivity index (χ4v) is 1.05. The molecule has 1 aromatic rings. The predicted octanol–water partition coefficient (Wildman–Crippen LogP) is 2.58. The van der Waals surface area contributed by atoms with Crippen molar-refractivity contribution >= 4 is 6.08 Å². The Morgan fingerprint density at radius 1 is 1.33 bits per heavy atom. The first-order valence-corrected chi connectivity index (χ1v) is 4.15. The summed E-state index contributed by atoms with van der Waals surface area (Å²) in [5.41, 5.74) is 3.78. The van der Waals surface area contributed by atoms with Gasteiger partial charge in [-0.05, 0) is 31.1 Å². The molecule has 0 radical (unpaired) electrons. The molecule has 0 spiro atoms. The maximum absolute atomic E-state index is 3.10. The van der Waals surface area contributed by atoms with Crippen LogP contribution in [0.4, 0.5) is 0 Å². The van der Waals surface area contributed by atoms with E-state index < -0.39 is 0 Å². The highest BCUT2D eigenvalue weighted by Crippen LogP contribution is 2.10. The van der Waals surface area contributed by atoms with E-state index in [0.29, 0.717) is 0 Å². The van der Waals surface area contributed by atoms with Crippen molar-refractivity contribution in [3.05, 3.63) is 41.1 Å². The van der Waals surface area contributed by atoms with E-state index in [1.165, 1.54) is 16.8 Å². The summed E-state index contributed by atoms with van der Waals surface area (Å²) in [6.45, 7) is 4.18. The molecule has 1 aromatic carbocycles. The second-order valence-electron chi connectivity index (χ2n) is 2.93. The van der Waals surface area contributed by atoms with E-state index >= 15 is 0 Å². The molecular weight excluding hydrogens is 146 g/mol. The van der Waals surface area contributed by atoms with Crippen molar-refractivity contribution in [2.24, 2.45) is 0 Å². The summed E-state index contributed by atoms with van der Waals surface area (Å²) in [4.78, 5) is 0. The fourth-order valence-electron chi connectivity index (χ4n) is 1.05. The Bertz CT molecular complexity index is 287. The maximum Gasteiger partial charge on any atom is 0.00785 e. The van der Waals surface area contributed by atoms with Crippen LogP contribution in [0, 0.1) is 6.92 Å². The quantitative estimate of drug-likeness (QED) is 0.703. The lowest BCUT2D eigenvalue weighted by atomic mass is 10.1. The SMILES string of the molecule is CN/C(C)=C\c1ccccc1C. The van der Waals surface area contributed by atoms with Gasteiger partial charge in [-0.15, -0.1) is 0 Å². The Labute approximate surface area is 74.1 Å². The molecule has 0 saturated carbocycles. The van der Waals surface area contributed by atoms with E-state index in [0.717, 1.165) is 0 Å². The van der Waals surface area contributed by atoms with E-state index in [4.69, 9.17) is 0 Å².